The van der Waals surface area contributed by atoms with Gasteiger partial charge in [-0.3, -0.25) is 9.59 Å². The van der Waals surface area contributed by atoms with Gasteiger partial charge in [0.15, 0.2) is 0 Å². The molecule has 34 heavy (non-hydrogen) atoms. The van der Waals surface area contributed by atoms with Crippen LogP contribution in [0.25, 0.3) is 0 Å². The van der Waals surface area contributed by atoms with Gasteiger partial charge in [0.1, 0.15) is 11.5 Å². The van der Waals surface area contributed by atoms with Gasteiger partial charge in [-0.25, -0.2) is 0 Å². The Morgan fingerprint density at radius 3 is 1.71 bits per heavy atom. The third-order valence-corrected chi connectivity index (χ3v) is 6.41. The normalized spacial score (nSPS) is 19.4. The lowest BCUT2D eigenvalue weighted by molar-refractivity contribution is -0.137. The van der Waals surface area contributed by atoms with Crippen LogP contribution in [0, 0.1) is 10.8 Å². The van der Waals surface area contributed by atoms with Crippen LogP contribution in [0.4, 0.5) is 0 Å². The van der Waals surface area contributed by atoms with E-state index in [1.54, 1.807) is 0 Å². The fourth-order valence-corrected chi connectivity index (χ4v) is 5.06. The number of rotatable bonds is 5. The van der Waals surface area contributed by atoms with E-state index in [1.807, 2.05) is 77.9 Å². The number of esters is 2. The molecule has 4 heteroatoms. The minimum atomic E-state index is -0.251. The third kappa shape index (κ3) is 6.08. The average molecular weight is 465 g/mol. The first-order valence-electron chi connectivity index (χ1n) is 12.2. The van der Waals surface area contributed by atoms with Gasteiger partial charge in [0.05, 0.1) is 12.8 Å². The van der Waals surface area contributed by atoms with Gasteiger partial charge in [-0.1, -0.05) is 80.5 Å². The number of fused-ring (bicyclic) bond motifs is 1. The highest BCUT2D eigenvalue weighted by Gasteiger charge is 2.46. The molecular formula is C30H40O4. The smallest absolute Gasteiger partial charge is 0.311 e. The largest absolute Gasteiger partial charge is 0.427 e. The number of hydrogen-bond acceptors (Lipinski definition) is 4. The first kappa shape index (κ1) is 26.0. The second-order valence-electron chi connectivity index (χ2n) is 13.0. The molecule has 4 nitrogen and oxygen atoms in total. The lowest BCUT2D eigenvalue weighted by Crippen LogP contribution is -2.23. The molecule has 1 atom stereocenters. The maximum absolute atomic E-state index is 12.4. The highest BCUT2D eigenvalue weighted by atomic mass is 16.5. The van der Waals surface area contributed by atoms with Crippen LogP contribution in [0.5, 0.6) is 11.5 Å². The molecule has 1 aliphatic carbocycles. The second kappa shape index (κ2) is 8.87. The summed E-state index contributed by atoms with van der Waals surface area (Å²) in [6.45, 7) is 18.9. The van der Waals surface area contributed by atoms with Crippen LogP contribution < -0.4 is 9.47 Å². The molecule has 2 aromatic carbocycles. The van der Waals surface area contributed by atoms with E-state index in [0.29, 0.717) is 24.3 Å². The summed E-state index contributed by atoms with van der Waals surface area (Å²) in [7, 11) is 0. The lowest BCUT2D eigenvalue weighted by atomic mass is 9.75. The maximum Gasteiger partial charge on any atom is 0.311 e. The Labute approximate surface area is 205 Å². The van der Waals surface area contributed by atoms with Crippen LogP contribution in [-0.4, -0.2) is 11.9 Å². The molecule has 0 bridgehead atoms. The highest BCUT2D eigenvalue weighted by Crippen LogP contribution is 2.53. The number of carbonyl (C=O) groups is 2. The Morgan fingerprint density at radius 1 is 0.735 bits per heavy atom. The predicted octanol–water partition coefficient (Wildman–Crippen LogP) is 7.36. The molecule has 0 N–H and O–H groups in total. The van der Waals surface area contributed by atoms with Crippen molar-refractivity contribution in [1.82, 2.24) is 0 Å². The molecule has 0 aromatic heterocycles. The van der Waals surface area contributed by atoms with Crippen molar-refractivity contribution < 1.29 is 19.1 Å². The van der Waals surface area contributed by atoms with E-state index in [-0.39, 0.29) is 33.6 Å². The Hall–Kier alpha value is -2.62. The predicted molar refractivity (Wildman–Crippen MR) is 136 cm³/mol. The van der Waals surface area contributed by atoms with Gasteiger partial charge in [-0.2, -0.15) is 0 Å². The molecule has 1 unspecified atom stereocenters. The fourth-order valence-electron chi connectivity index (χ4n) is 5.06. The van der Waals surface area contributed by atoms with Crippen molar-refractivity contribution in [2.24, 2.45) is 10.8 Å². The van der Waals surface area contributed by atoms with Crippen LogP contribution >= 0.6 is 0 Å². The van der Waals surface area contributed by atoms with Crippen LogP contribution in [-0.2, 0) is 20.4 Å². The molecule has 0 amide bonds. The molecule has 0 saturated heterocycles. The molecule has 0 heterocycles. The summed E-state index contributed by atoms with van der Waals surface area (Å²) in [6, 6.07) is 13.9. The summed E-state index contributed by atoms with van der Waals surface area (Å²) in [5, 5.41) is 0. The van der Waals surface area contributed by atoms with E-state index in [1.165, 1.54) is 11.1 Å². The van der Waals surface area contributed by atoms with Gasteiger partial charge in [0, 0.05) is 5.41 Å². The van der Waals surface area contributed by atoms with E-state index < -0.39 is 0 Å². The molecule has 0 aliphatic heterocycles. The minimum absolute atomic E-state index is 0.0180. The van der Waals surface area contributed by atoms with E-state index in [0.717, 1.165) is 12.0 Å². The van der Waals surface area contributed by atoms with E-state index in [4.69, 9.17) is 9.47 Å². The molecule has 3 rings (SSSR count). The van der Waals surface area contributed by atoms with Crippen LogP contribution in [0.15, 0.2) is 42.5 Å². The summed E-state index contributed by atoms with van der Waals surface area (Å²) in [4.78, 5) is 24.7. The molecule has 1 aliphatic rings. The summed E-state index contributed by atoms with van der Waals surface area (Å²) in [5.74, 6) is 0.710. The molecule has 0 saturated carbocycles. The standard InChI is InChI=1S/C30H40O4/c1-27(2,3)17-25(31)33-21-12-10-20(11-13-21)30(9)19-29(7,8)23-15-14-22(16-24(23)30)34-26(32)18-28(4,5)6/h10-16H,17-19H2,1-9H3. The molecule has 0 radical (unpaired) electrons. The summed E-state index contributed by atoms with van der Waals surface area (Å²) < 4.78 is 11.3. The van der Waals surface area contributed by atoms with E-state index in [9.17, 15) is 9.59 Å². The topological polar surface area (TPSA) is 52.6 Å². The second-order valence-corrected chi connectivity index (χ2v) is 13.0. The first-order valence-corrected chi connectivity index (χ1v) is 12.2. The zero-order chi connectivity index (χ0) is 25.5. The van der Waals surface area contributed by atoms with Crippen molar-refractivity contribution in [2.75, 3.05) is 0 Å². The highest BCUT2D eigenvalue weighted by molar-refractivity contribution is 5.74. The zero-order valence-corrected chi connectivity index (χ0v) is 22.3. The van der Waals surface area contributed by atoms with Crippen LogP contribution in [0.2, 0.25) is 0 Å². The summed E-state index contributed by atoms with van der Waals surface area (Å²) in [6.07, 6.45) is 1.66. The molecule has 0 spiro atoms. The Kier molecular flexibility index (Phi) is 6.78. The summed E-state index contributed by atoms with van der Waals surface area (Å²) in [5.41, 5.74) is 3.09. The Balaban J connectivity index is 1.87. The number of carbonyl (C=O) groups excluding carboxylic acids is 2. The maximum atomic E-state index is 12.4. The zero-order valence-electron chi connectivity index (χ0n) is 22.3. The van der Waals surface area contributed by atoms with Crippen LogP contribution in [0.1, 0.15) is 98.3 Å². The van der Waals surface area contributed by atoms with Crippen molar-refractivity contribution in [1.29, 1.82) is 0 Å². The van der Waals surface area contributed by atoms with Crippen LogP contribution in [0.3, 0.4) is 0 Å². The Bertz CT molecular complexity index is 1060. The van der Waals surface area contributed by atoms with Gasteiger partial charge >= 0.3 is 11.9 Å². The minimum Gasteiger partial charge on any atom is -0.427 e. The first-order chi connectivity index (χ1) is 15.5. The van der Waals surface area contributed by atoms with Crippen molar-refractivity contribution in [3.8, 4) is 11.5 Å². The molecule has 184 valence electrons. The van der Waals surface area contributed by atoms with Gasteiger partial charge < -0.3 is 9.47 Å². The van der Waals surface area contributed by atoms with Gasteiger partial charge in [-0.05, 0) is 63.6 Å². The summed E-state index contributed by atoms with van der Waals surface area (Å²) >= 11 is 0. The van der Waals surface area contributed by atoms with E-state index in [2.05, 4.69) is 26.8 Å². The molecule has 0 fully saturated rings. The van der Waals surface area contributed by atoms with Crippen molar-refractivity contribution in [3.05, 3.63) is 59.2 Å². The molecular weight excluding hydrogens is 424 g/mol. The number of hydrogen-bond donors (Lipinski definition) is 0. The van der Waals surface area contributed by atoms with Gasteiger partial charge in [-0.15, -0.1) is 0 Å². The van der Waals surface area contributed by atoms with Gasteiger partial charge in [0.2, 0.25) is 0 Å². The fraction of sp³-hybridized carbons (Fsp3) is 0.533. The quantitative estimate of drug-likeness (QED) is 0.343. The third-order valence-electron chi connectivity index (χ3n) is 6.41. The number of ether oxygens (including phenoxy) is 2. The van der Waals surface area contributed by atoms with Crippen molar-refractivity contribution in [2.45, 2.75) is 92.4 Å². The Morgan fingerprint density at radius 2 is 1.21 bits per heavy atom. The van der Waals surface area contributed by atoms with E-state index >= 15 is 0 Å². The average Bonchev–Trinajstić information content (AvgIpc) is 2.85. The molecule has 2 aromatic rings. The van der Waals surface area contributed by atoms with Gasteiger partial charge in [0.25, 0.3) is 0 Å². The van der Waals surface area contributed by atoms with Crippen molar-refractivity contribution >= 4 is 11.9 Å². The van der Waals surface area contributed by atoms with Crippen molar-refractivity contribution in [3.63, 3.8) is 0 Å². The monoisotopic (exact) mass is 464 g/mol. The SMILES string of the molecule is CC(C)(C)CC(=O)Oc1ccc(C2(C)CC(C)(C)c3ccc(OC(=O)CC(C)(C)C)cc32)cc1. The lowest BCUT2D eigenvalue weighted by Gasteiger charge is -2.28. The number of benzene rings is 2.